The first kappa shape index (κ1) is 13.5. The van der Waals surface area contributed by atoms with E-state index in [9.17, 15) is 9.90 Å². The van der Waals surface area contributed by atoms with Crippen LogP contribution in [0.5, 0.6) is 0 Å². The molecule has 0 aliphatic carbocycles. The van der Waals surface area contributed by atoms with Gasteiger partial charge in [0.2, 0.25) is 5.76 Å². The van der Waals surface area contributed by atoms with E-state index in [-0.39, 0.29) is 11.8 Å². The highest BCUT2D eigenvalue weighted by Gasteiger charge is 2.20. The van der Waals surface area contributed by atoms with Gasteiger partial charge in [-0.25, -0.2) is 4.79 Å². The molecule has 1 atom stereocenters. The van der Waals surface area contributed by atoms with Gasteiger partial charge in [-0.05, 0) is 25.1 Å². The van der Waals surface area contributed by atoms with Crippen LogP contribution < -0.4 is 5.32 Å². The summed E-state index contributed by atoms with van der Waals surface area (Å²) in [4.78, 5) is 11.3. The molecule has 2 N–H and O–H groups in total. The summed E-state index contributed by atoms with van der Waals surface area (Å²) >= 11 is 0. The molecule has 21 heavy (non-hydrogen) atoms. The van der Waals surface area contributed by atoms with Gasteiger partial charge in [-0.2, -0.15) is 0 Å². The summed E-state index contributed by atoms with van der Waals surface area (Å²) in [6, 6.07) is 11.0. The molecule has 0 saturated carbocycles. The van der Waals surface area contributed by atoms with Gasteiger partial charge in [0.1, 0.15) is 11.3 Å². The Morgan fingerprint density at radius 2 is 2.10 bits per heavy atom. The topological polar surface area (TPSA) is 75.6 Å². The van der Waals surface area contributed by atoms with Crippen molar-refractivity contribution in [2.24, 2.45) is 0 Å². The van der Waals surface area contributed by atoms with Gasteiger partial charge in [0.05, 0.1) is 12.3 Å². The Hall–Kier alpha value is -2.53. The number of hydrogen-bond acceptors (Lipinski definition) is 4. The summed E-state index contributed by atoms with van der Waals surface area (Å²) in [6.07, 6.45) is 1.61. The van der Waals surface area contributed by atoms with E-state index in [2.05, 4.69) is 5.32 Å². The van der Waals surface area contributed by atoms with Crippen LogP contribution in [0.3, 0.4) is 0 Å². The van der Waals surface area contributed by atoms with Crippen LogP contribution in [-0.2, 0) is 6.54 Å². The van der Waals surface area contributed by atoms with Crippen molar-refractivity contribution in [1.29, 1.82) is 0 Å². The molecule has 5 heteroatoms. The van der Waals surface area contributed by atoms with Crippen molar-refractivity contribution in [2.75, 3.05) is 0 Å². The van der Waals surface area contributed by atoms with Crippen LogP contribution in [0.2, 0.25) is 0 Å². The van der Waals surface area contributed by atoms with Crippen LogP contribution in [0.4, 0.5) is 0 Å². The number of rotatable bonds is 5. The number of aromatic carboxylic acids is 1. The number of furan rings is 2. The SMILES string of the molecule is C[C@@H](NCc1c(C(=O)O)oc2ccccc12)c1ccco1. The number of nitrogens with one attached hydrogen (secondary N) is 1. The second-order valence-corrected chi connectivity index (χ2v) is 4.83. The van der Waals surface area contributed by atoms with Crippen molar-refractivity contribution in [2.45, 2.75) is 19.5 Å². The van der Waals surface area contributed by atoms with Crippen molar-refractivity contribution in [3.8, 4) is 0 Å². The summed E-state index contributed by atoms with van der Waals surface area (Å²) in [5.41, 5.74) is 1.23. The highest BCUT2D eigenvalue weighted by atomic mass is 16.4. The zero-order chi connectivity index (χ0) is 14.8. The molecule has 0 amide bonds. The van der Waals surface area contributed by atoms with Crippen LogP contribution in [0.25, 0.3) is 11.0 Å². The first-order valence-corrected chi connectivity index (χ1v) is 6.67. The Morgan fingerprint density at radius 3 is 2.81 bits per heavy atom. The van der Waals surface area contributed by atoms with Crippen LogP contribution in [0.1, 0.15) is 34.8 Å². The first-order valence-electron chi connectivity index (χ1n) is 6.67. The van der Waals surface area contributed by atoms with Gasteiger partial charge in [-0.1, -0.05) is 18.2 Å². The van der Waals surface area contributed by atoms with Crippen LogP contribution in [0, 0.1) is 0 Å². The van der Waals surface area contributed by atoms with Gasteiger partial charge in [0.25, 0.3) is 0 Å². The molecule has 0 spiro atoms. The minimum atomic E-state index is -1.06. The van der Waals surface area contributed by atoms with E-state index in [1.54, 1.807) is 12.3 Å². The molecule has 0 aliphatic heterocycles. The fourth-order valence-electron chi connectivity index (χ4n) is 2.34. The van der Waals surface area contributed by atoms with Crippen molar-refractivity contribution >= 4 is 16.9 Å². The quantitative estimate of drug-likeness (QED) is 0.749. The maximum Gasteiger partial charge on any atom is 0.372 e. The molecule has 0 radical (unpaired) electrons. The molecule has 108 valence electrons. The molecular formula is C16H15NO4. The third-order valence-corrected chi connectivity index (χ3v) is 3.45. The average Bonchev–Trinajstić information content (AvgIpc) is 3.12. The standard InChI is InChI=1S/C16H15NO4/c1-10(13-7-4-8-20-13)17-9-12-11-5-2-3-6-14(11)21-15(12)16(18)19/h2-8,10,17H,9H2,1H3,(H,18,19)/t10-/m1/s1. The van der Waals surface area contributed by atoms with Gasteiger partial charge in [0, 0.05) is 17.5 Å². The van der Waals surface area contributed by atoms with Crippen molar-refractivity contribution in [1.82, 2.24) is 5.32 Å². The molecule has 0 bridgehead atoms. The summed E-state index contributed by atoms with van der Waals surface area (Å²) in [7, 11) is 0. The van der Waals surface area contributed by atoms with Crippen LogP contribution in [-0.4, -0.2) is 11.1 Å². The Kier molecular flexibility index (Phi) is 3.50. The lowest BCUT2D eigenvalue weighted by atomic mass is 10.1. The first-order chi connectivity index (χ1) is 10.2. The molecule has 0 fully saturated rings. The minimum Gasteiger partial charge on any atom is -0.475 e. The van der Waals surface area contributed by atoms with Gasteiger partial charge in [0.15, 0.2) is 0 Å². The molecule has 3 aromatic rings. The largest absolute Gasteiger partial charge is 0.475 e. The molecule has 2 heterocycles. The molecule has 2 aromatic heterocycles. The lowest BCUT2D eigenvalue weighted by Gasteiger charge is -2.10. The van der Waals surface area contributed by atoms with Crippen molar-refractivity contribution in [3.05, 3.63) is 59.7 Å². The van der Waals surface area contributed by atoms with Gasteiger partial charge in [-0.3, -0.25) is 0 Å². The normalized spacial score (nSPS) is 12.6. The maximum absolute atomic E-state index is 11.3. The second-order valence-electron chi connectivity index (χ2n) is 4.83. The molecule has 0 saturated heterocycles. The third-order valence-electron chi connectivity index (χ3n) is 3.45. The summed E-state index contributed by atoms with van der Waals surface area (Å²) < 4.78 is 10.7. The predicted octanol–water partition coefficient (Wildman–Crippen LogP) is 3.57. The van der Waals surface area contributed by atoms with E-state index in [1.807, 2.05) is 37.3 Å². The molecule has 0 aliphatic rings. The van der Waals surface area contributed by atoms with Crippen molar-refractivity contribution < 1.29 is 18.7 Å². The minimum absolute atomic E-state index is 0.0182. The lowest BCUT2D eigenvalue weighted by Crippen LogP contribution is -2.18. The number of carboxylic acid groups (broad SMARTS) is 1. The molecule has 5 nitrogen and oxygen atoms in total. The van der Waals surface area contributed by atoms with Gasteiger partial charge in [-0.15, -0.1) is 0 Å². The number of para-hydroxylation sites is 1. The number of benzene rings is 1. The highest BCUT2D eigenvalue weighted by Crippen LogP contribution is 2.26. The third kappa shape index (κ3) is 2.55. The lowest BCUT2D eigenvalue weighted by molar-refractivity contribution is 0.0663. The Morgan fingerprint density at radius 1 is 1.29 bits per heavy atom. The fraction of sp³-hybridized carbons (Fsp3) is 0.188. The maximum atomic E-state index is 11.3. The summed E-state index contributed by atoms with van der Waals surface area (Å²) in [6.45, 7) is 2.35. The number of fused-ring (bicyclic) bond motifs is 1. The number of hydrogen-bond donors (Lipinski definition) is 2. The van der Waals surface area contributed by atoms with E-state index in [1.165, 1.54) is 0 Å². The smallest absolute Gasteiger partial charge is 0.372 e. The van der Waals surface area contributed by atoms with E-state index in [4.69, 9.17) is 8.83 Å². The van der Waals surface area contributed by atoms with E-state index >= 15 is 0 Å². The van der Waals surface area contributed by atoms with Gasteiger partial charge < -0.3 is 19.3 Å². The van der Waals surface area contributed by atoms with Gasteiger partial charge >= 0.3 is 5.97 Å². The fourth-order valence-corrected chi connectivity index (χ4v) is 2.34. The number of carbonyl (C=O) groups is 1. The highest BCUT2D eigenvalue weighted by molar-refractivity contribution is 5.95. The molecular weight excluding hydrogens is 270 g/mol. The van der Waals surface area contributed by atoms with E-state index in [0.29, 0.717) is 17.7 Å². The zero-order valence-electron chi connectivity index (χ0n) is 11.5. The Balaban J connectivity index is 1.89. The van der Waals surface area contributed by atoms with E-state index < -0.39 is 5.97 Å². The summed E-state index contributed by atoms with van der Waals surface area (Å²) in [5, 5.41) is 13.3. The van der Waals surface area contributed by atoms with Crippen molar-refractivity contribution in [3.63, 3.8) is 0 Å². The van der Waals surface area contributed by atoms with Crippen LogP contribution in [0.15, 0.2) is 51.5 Å². The predicted molar refractivity (Wildman–Crippen MR) is 77.1 cm³/mol. The molecule has 1 aromatic carbocycles. The Labute approximate surface area is 121 Å². The van der Waals surface area contributed by atoms with E-state index in [0.717, 1.165) is 11.1 Å². The zero-order valence-corrected chi connectivity index (χ0v) is 11.5. The average molecular weight is 285 g/mol. The summed E-state index contributed by atoms with van der Waals surface area (Å²) in [5.74, 6) is -0.274. The molecule has 3 rings (SSSR count). The Bertz CT molecular complexity index is 758. The number of carboxylic acids is 1. The second kappa shape index (κ2) is 5.46. The monoisotopic (exact) mass is 285 g/mol. The van der Waals surface area contributed by atoms with Crippen LogP contribution >= 0.6 is 0 Å². The molecule has 0 unspecified atom stereocenters.